The molecule has 7 heteroatoms. The number of ether oxygens (including phenoxy) is 2. The van der Waals surface area contributed by atoms with Crippen molar-refractivity contribution < 1.29 is 28.6 Å². The molecule has 0 aliphatic heterocycles. The van der Waals surface area contributed by atoms with Crippen LogP contribution in [0.4, 0.5) is 9.18 Å². The Hall–Kier alpha value is -3.09. The van der Waals surface area contributed by atoms with E-state index in [1.807, 2.05) is 18.2 Å². The van der Waals surface area contributed by atoms with Crippen LogP contribution in [0.15, 0.2) is 30.3 Å². The van der Waals surface area contributed by atoms with Gasteiger partial charge in [0.05, 0.1) is 19.1 Å². The Kier molecular flexibility index (Phi) is 7.30. The topological polar surface area (TPSA) is 84.9 Å². The SMILES string of the molecule is CCOC(=O)C[C@H](NC(=O)OC(C)(C)C)c1cc(-c2c(C)cc(F)cc2O)cc(C2CC2)c1. The maximum atomic E-state index is 13.8. The lowest BCUT2D eigenvalue weighted by Gasteiger charge is -2.24. The molecular formula is C26H32FNO5. The van der Waals surface area contributed by atoms with Gasteiger partial charge in [0.15, 0.2) is 0 Å². The Balaban J connectivity index is 2.05. The number of rotatable bonds is 7. The summed E-state index contributed by atoms with van der Waals surface area (Å²) in [5.41, 5.74) is 2.85. The molecule has 0 bridgehead atoms. The van der Waals surface area contributed by atoms with Crippen molar-refractivity contribution in [1.82, 2.24) is 5.32 Å². The Labute approximate surface area is 194 Å². The number of halogens is 1. The highest BCUT2D eigenvalue weighted by Gasteiger charge is 2.28. The number of phenolic OH excluding ortho intramolecular Hbond substituents is 1. The molecule has 1 fully saturated rings. The third-order valence-corrected chi connectivity index (χ3v) is 5.36. The van der Waals surface area contributed by atoms with Crippen LogP contribution in [0.25, 0.3) is 11.1 Å². The van der Waals surface area contributed by atoms with E-state index in [1.54, 1.807) is 34.6 Å². The molecule has 2 aromatic carbocycles. The number of esters is 1. The molecule has 1 saturated carbocycles. The molecular weight excluding hydrogens is 425 g/mol. The first kappa shape index (κ1) is 24.6. The molecule has 2 N–H and O–H groups in total. The van der Waals surface area contributed by atoms with E-state index < -0.39 is 29.5 Å². The van der Waals surface area contributed by atoms with Crippen LogP contribution in [0, 0.1) is 12.7 Å². The molecule has 0 saturated heterocycles. The molecule has 178 valence electrons. The summed E-state index contributed by atoms with van der Waals surface area (Å²) in [5, 5.41) is 13.3. The Morgan fingerprint density at radius 1 is 1.18 bits per heavy atom. The zero-order chi connectivity index (χ0) is 24.3. The van der Waals surface area contributed by atoms with E-state index in [4.69, 9.17) is 9.47 Å². The maximum absolute atomic E-state index is 13.8. The van der Waals surface area contributed by atoms with Crippen LogP contribution in [-0.2, 0) is 14.3 Å². The summed E-state index contributed by atoms with van der Waals surface area (Å²) < 4.78 is 24.3. The van der Waals surface area contributed by atoms with Crippen molar-refractivity contribution in [2.75, 3.05) is 6.61 Å². The van der Waals surface area contributed by atoms with Gasteiger partial charge < -0.3 is 19.9 Å². The van der Waals surface area contributed by atoms with Crippen molar-refractivity contribution >= 4 is 12.1 Å². The van der Waals surface area contributed by atoms with Gasteiger partial charge in [-0.15, -0.1) is 0 Å². The van der Waals surface area contributed by atoms with E-state index in [0.29, 0.717) is 28.2 Å². The average molecular weight is 458 g/mol. The maximum Gasteiger partial charge on any atom is 0.408 e. The molecule has 0 spiro atoms. The van der Waals surface area contributed by atoms with E-state index >= 15 is 0 Å². The van der Waals surface area contributed by atoms with Gasteiger partial charge in [-0.3, -0.25) is 4.79 Å². The number of nitrogens with one attached hydrogen (secondary N) is 1. The van der Waals surface area contributed by atoms with Gasteiger partial charge in [-0.25, -0.2) is 9.18 Å². The smallest absolute Gasteiger partial charge is 0.408 e. The molecule has 0 unspecified atom stereocenters. The summed E-state index contributed by atoms with van der Waals surface area (Å²) in [6.45, 7) is 8.97. The molecule has 2 aromatic rings. The number of carbonyl (C=O) groups is 2. The molecule has 33 heavy (non-hydrogen) atoms. The van der Waals surface area contributed by atoms with E-state index in [2.05, 4.69) is 5.32 Å². The summed E-state index contributed by atoms with van der Waals surface area (Å²) in [6, 6.07) is 7.52. The van der Waals surface area contributed by atoms with Gasteiger partial charge in [0.25, 0.3) is 0 Å². The third-order valence-electron chi connectivity index (χ3n) is 5.36. The molecule has 1 aliphatic rings. The molecule has 0 radical (unpaired) electrons. The van der Waals surface area contributed by atoms with Crippen LogP contribution < -0.4 is 5.32 Å². The highest BCUT2D eigenvalue weighted by molar-refractivity contribution is 5.77. The highest BCUT2D eigenvalue weighted by Crippen LogP contribution is 2.44. The Bertz CT molecular complexity index is 1020. The van der Waals surface area contributed by atoms with Gasteiger partial charge in [-0.05, 0) is 87.8 Å². The number of amides is 1. The van der Waals surface area contributed by atoms with Crippen molar-refractivity contribution in [1.29, 1.82) is 0 Å². The van der Waals surface area contributed by atoms with E-state index in [-0.39, 0.29) is 18.8 Å². The molecule has 1 atom stereocenters. The second-order valence-electron chi connectivity index (χ2n) is 9.49. The number of alkyl carbamates (subject to hydrolysis) is 1. The number of carbonyl (C=O) groups excluding carboxylic acids is 2. The summed E-state index contributed by atoms with van der Waals surface area (Å²) in [6.07, 6.45) is 1.36. The second-order valence-corrected chi connectivity index (χ2v) is 9.49. The normalized spacial score (nSPS) is 14.5. The minimum Gasteiger partial charge on any atom is -0.507 e. The lowest BCUT2D eigenvalue weighted by molar-refractivity contribution is -0.143. The largest absolute Gasteiger partial charge is 0.507 e. The summed E-state index contributed by atoms with van der Waals surface area (Å²) in [4.78, 5) is 24.9. The molecule has 6 nitrogen and oxygen atoms in total. The Morgan fingerprint density at radius 2 is 1.88 bits per heavy atom. The van der Waals surface area contributed by atoms with Gasteiger partial charge in [0, 0.05) is 11.6 Å². The van der Waals surface area contributed by atoms with Crippen LogP contribution >= 0.6 is 0 Å². The van der Waals surface area contributed by atoms with Crippen LogP contribution in [0.3, 0.4) is 0 Å². The van der Waals surface area contributed by atoms with Gasteiger partial charge >= 0.3 is 12.1 Å². The molecule has 3 rings (SSSR count). The fraction of sp³-hybridized carbons (Fsp3) is 0.462. The number of benzene rings is 2. The highest BCUT2D eigenvalue weighted by atomic mass is 19.1. The summed E-state index contributed by atoms with van der Waals surface area (Å²) in [5.74, 6) is -0.748. The lowest BCUT2D eigenvalue weighted by Crippen LogP contribution is -2.36. The number of hydrogen-bond acceptors (Lipinski definition) is 5. The third kappa shape index (κ3) is 6.70. The van der Waals surface area contributed by atoms with Crippen LogP contribution in [0.1, 0.15) is 75.6 Å². The van der Waals surface area contributed by atoms with Crippen LogP contribution in [-0.4, -0.2) is 29.4 Å². The first-order valence-electron chi connectivity index (χ1n) is 11.3. The van der Waals surface area contributed by atoms with Crippen molar-refractivity contribution in [3.8, 4) is 16.9 Å². The molecule has 1 amide bonds. The van der Waals surface area contributed by atoms with E-state index in [1.165, 1.54) is 6.07 Å². The standard InChI is InChI=1S/C26H32FNO5/c1-6-32-23(30)14-21(28-25(31)33-26(3,4)5)18-10-17(16-7-8-16)11-19(12-18)24-15(2)9-20(27)13-22(24)29/h9-13,16,21,29H,6-8,14H2,1-5H3,(H,28,31)/t21-/m0/s1. The van der Waals surface area contributed by atoms with Gasteiger partial charge in [0.1, 0.15) is 17.2 Å². The molecule has 1 aliphatic carbocycles. The number of aromatic hydroxyl groups is 1. The van der Waals surface area contributed by atoms with Crippen molar-refractivity contribution in [3.05, 3.63) is 52.8 Å². The molecule has 0 heterocycles. The van der Waals surface area contributed by atoms with Crippen molar-refractivity contribution in [3.63, 3.8) is 0 Å². The fourth-order valence-corrected chi connectivity index (χ4v) is 3.86. The number of aryl methyl sites for hydroxylation is 1. The summed E-state index contributed by atoms with van der Waals surface area (Å²) in [7, 11) is 0. The van der Waals surface area contributed by atoms with E-state index in [0.717, 1.165) is 24.5 Å². The minimum absolute atomic E-state index is 0.0744. The first-order chi connectivity index (χ1) is 15.5. The lowest BCUT2D eigenvalue weighted by atomic mass is 9.91. The second kappa shape index (κ2) is 9.81. The van der Waals surface area contributed by atoms with Crippen LogP contribution in [0.2, 0.25) is 0 Å². The van der Waals surface area contributed by atoms with Crippen molar-refractivity contribution in [2.24, 2.45) is 0 Å². The zero-order valence-corrected chi connectivity index (χ0v) is 19.8. The van der Waals surface area contributed by atoms with E-state index in [9.17, 15) is 19.1 Å². The fourth-order valence-electron chi connectivity index (χ4n) is 3.86. The monoisotopic (exact) mass is 457 g/mol. The minimum atomic E-state index is -0.698. The number of hydrogen-bond donors (Lipinski definition) is 2. The number of phenols is 1. The van der Waals surface area contributed by atoms with Gasteiger partial charge in [-0.1, -0.05) is 12.1 Å². The molecule has 0 aromatic heterocycles. The summed E-state index contributed by atoms with van der Waals surface area (Å²) >= 11 is 0. The van der Waals surface area contributed by atoms with Crippen LogP contribution in [0.5, 0.6) is 5.75 Å². The van der Waals surface area contributed by atoms with Crippen molar-refractivity contribution in [2.45, 2.75) is 71.4 Å². The van der Waals surface area contributed by atoms with Gasteiger partial charge in [-0.2, -0.15) is 0 Å². The Morgan fingerprint density at radius 3 is 2.45 bits per heavy atom. The predicted octanol–water partition coefficient (Wildman–Crippen LogP) is 5.90. The first-order valence-corrected chi connectivity index (χ1v) is 11.3. The predicted molar refractivity (Wildman–Crippen MR) is 124 cm³/mol. The average Bonchev–Trinajstić information content (AvgIpc) is 3.50. The van der Waals surface area contributed by atoms with Gasteiger partial charge in [0.2, 0.25) is 0 Å². The zero-order valence-electron chi connectivity index (χ0n) is 19.8. The quantitative estimate of drug-likeness (QED) is 0.506.